The number of halogens is 1. The Bertz CT molecular complexity index is 1400. The van der Waals surface area contributed by atoms with Crippen molar-refractivity contribution >= 4 is 39.4 Å². The van der Waals surface area contributed by atoms with E-state index in [1.807, 2.05) is 6.92 Å². The molecule has 0 radical (unpaired) electrons. The second-order valence-electron chi connectivity index (χ2n) is 8.31. The van der Waals surface area contributed by atoms with Crippen LogP contribution in [0.2, 0.25) is 0 Å². The summed E-state index contributed by atoms with van der Waals surface area (Å²) in [5.41, 5.74) is 3.75. The molecule has 0 aromatic heterocycles. The van der Waals surface area contributed by atoms with E-state index in [-0.39, 0.29) is 6.61 Å². The molecule has 3 rings (SSSR count). The number of sulfonamides is 1. The average molecular weight is 557 g/mol. The van der Waals surface area contributed by atoms with Crippen LogP contribution in [0.15, 0.2) is 77.9 Å². The van der Waals surface area contributed by atoms with Gasteiger partial charge in [0, 0.05) is 5.69 Å². The number of rotatable bonds is 12. The molecule has 3 aromatic rings. The van der Waals surface area contributed by atoms with Crippen molar-refractivity contribution in [2.45, 2.75) is 19.9 Å². The molecule has 0 unspecified atom stereocenters. The van der Waals surface area contributed by atoms with Crippen molar-refractivity contribution in [3.05, 3.63) is 84.2 Å². The lowest BCUT2D eigenvalue weighted by atomic mass is 10.2. The second kappa shape index (κ2) is 13.4. The van der Waals surface area contributed by atoms with Gasteiger partial charge in [-0.3, -0.25) is 13.9 Å². The number of benzene rings is 3. The third-order valence-electron chi connectivity index (χ3n) is 5.26. The molecule has 2 amide bonds. The van der Waals surface area contributed by atoms with E-state index >= 15 is 0 Å². The largest absolute Gasteiger partial charge is 0.494 e. The van der Waals surface area contributed by atoms with E-state index in [4.69, 9.17) is 9.47 Å². The smallest absolute Gasteiger partial charge is 0.263 e. The molecular weight excluding hydrogens is 527 g/mol. The molecule has 10 nitrogen and oxygen atoms in total. The summed E-state index contributed by atoms with van der Waals surface area (Å²) < 4.78 is 49.7. The maximum Gasteiger partial charge on any atom is 0.263 e. The Morgan fingerprint density at radius 1 is 0.974 bits per heavy atom. The number of ether oxygens (including phenoxy) is 2. The lowest BCUT2D eigenvalue weighted by Gasteiger charge is -2.27. The molecule has 3 aromatic carbocycles. The normalized spacial score (nSPS) is 12.0. The van der Waals surface area contributed by atoms with Crippen LogP contribution in [-0.4, -0.2) is 52.0 Å². The minimum Gasteiger partial charge on any atom is -0.494 e. The van der Waals surface area contributed by atoms with Crippen LogP contribution >= 0.6 is 0 Å². The number of anilines is 2. The highest BCUT2D eigenvalue weighted by molar-refractivity contribution is 7.92. The van der Waals surface area contributed by atoms with Gasteiger partial charge in [0.25, 0.3) is 11.8 Å². The van der Waals surface area contributed by atoms with E-state index in [0.29, 0.717) is 35.0 Å². The van der Waals surface area contributed by atoms with Gasteiger partial charge in [0.05, 0.1) is 24.8 Å². The summed E-state index contributed by atoms with van der Waals surface area (Å²) in [5.74, 6) is -0.420. The van der Waals surface area contributed by atoms with E-state index in [1.54, 1.807) is 48.5 Å². The van der Waals surface area contributed by atoms with Gasteiger partial charge < -0.3 is 14.8 Å². The first-order valence-corrected chi connectivity index (χ1v) is 13.7. The van der Waals surface area contributed by atoms with Gasteiger partial charge in [-0.25, -0.2) is 18.2 Å². The molecule has 206 valence electrons. The Hall–Kier alpha value is -4.45. The third-order valence-corrected chi connectivity index (χ3v) is 6.50. The molecule has 0 aliphatic carbocycles. The van der Waals surface area contributed by atoms with Crippen LogP contribution in [0.25, 0.3) is 0 Å². The first kappa shape index (κ1) is 29.1. The van der Waals surface area contributed by atoms with E-state index in [0.717, 1.165) is 10.6 Å². The Balaban J connectivity index is 1.53. The standard InChI is InChI=1S/C27H29FN4O6S/c1-4-37-24-15-11-23(12-16-24)32(39(3,35)36)19(2)27(34)31-29-17-20-5-13-25(14-6-20)38-18-26(33)30-22-9-7-21(28)8-10-22/h5-17,19H,4,18H2,1-3H3,(H,30,33)(H,31,34)/b29-17-/t19-/m1/s1. The van der Waals surface area contributed by atoms with Gasteiger partial charge in [-0.15, -0.1) is 0 Å². The molecule has 2 N–H and O–H groups in total. The lowest BCUT2D eigenvalue weighted by molar-refractivity contribution is -0.121. The number of nitrogens with zero attached hydrogens (tertiary/aromatic N) is 2. The van der Waals surface area contributed by atoms with Gasteiger partial charge in [0.15, 0.2) is 6.61 Å². The summed E-state index contributed by atoms with van der Waals surface area (Å²) in [6, 6.07) is 17.2. The average Bonchev–Trinajstić information content (AvgIpc) is 2.90. The quantitative estimate of drug-likeness (QED) is 0.260. The molecule has 1 atom stereocenters. The van der Waals surface area contributed by atoms with Crippen LogP contribution in [0.5, 0.6) is 11.5 Å². The van der Waals surface area contributed by atoms with Crippen LogP contribution in [0.3, 0.4) is 0 Å². The van der Waals surface area contributed by atoms with Gasteiger partial charge in [0.2, 0.25) is 10.0 Å². The number of hydrogen-bond acceptors (Lipinski definition) is 7. The number of amides is 2. The van der Waals surface area contributed by atoms with E-state index in [2.05, 4.69) is 15.8 Å². The highest BCUT2D eigenvalue weighted by Crippen LogP contribution is 2.24. The molecule has 0 bridgehead atoms. The van der Waals surface area contributed by atoms with Gasteiger partial charge in [0.1, 0.15) is 23.4 Å². The van der Waals surface area contributed by atoms with Crippen molar-refractivity contribution in [1.29, 1.82) is 0 Å². The predicted octanol–water partition coefficient (Wildman–Crippen LogP) is 3.55. The van der Waals surface area contributed by atoms with Crippen LogP contribution in [-0.2, 0) is 19.6 Å². The van der Waals surface area contributed by atoms with Gasteiger partial charge in [-0.05, 0) is 92.2 Å². The zero-order valence-corrected chi connectivity index (χ0v) is 22.4. The second-order valence-corrected chi connectivity index (χ2v) is 10.2. The fourth-order valence-corrected chi connectivity index (χ4v) is 4.63. The highest BCUT2D eigenvalue weighted by Gasteiger charge is 2.29. The first-order valence-electron chi connectivity index (χ1n) is 11.9. The summed E-state index contributed by atoms with van der Waals surface area (Å²) >= 11 is 0. The maximum atomic E-state index is 13.0. The van der Waals surface area contributed by atoms with Gasteiger partial charge in [-0.2, -0.15) is 5.10 Å². The molecule has 0 fully saturated rings. The molecule has 0 aliphatic heterocycles. The van der Waals surface area contributed by atoms with Crippen molar-refractivity contribution < 1.29 is 31.9 Å². The molecule has 39 heavy (non-hydrogen) atoms. The fourth-order valence-electron chi connectivity index (χ4n) is 3.46. The Kier molecular flexibility index (Phi) is 9.98. The molecule has 0 aliphatic rings. The van der Waals surface area contributed by atoms with Crippen LogP contribution in [0, 0.1) is 5.82 Å². The highest BCUT2D eigenvalue weighted by atomic mass is 32.2. The summed E-state index contributed by atoms with van der Waals surface area (Å²) in [6.45, 7) is 3.52. The van der Waals surface area contributed by atoms with E-state index < -0.39 is 33.7 Å². The zero-order valence-electron chi connectivity index (χ0n) is 21.6. The topological polar surface area (TPSA) is 126 Å². The molecular formula is C27H29FN4O6S. The fraction of sp³-hybridized carbons (Fsp3) is 0.222. The minimum atomic E-state index is -3.78. The molecule has 0 heterocycles. The van der Waals surface area contributed by atoms with Gasteiger partial charge >= 0.3 is 0 Å². The van der Waals surface area contributed by atoms with E-state index in [9.17, 15) is 22.4 Å². The minimum absolute atomic E-state index is 0.246. The monoisotopic (exact) mass is 556 g/mol. The SMILES string of the molecule is CCOc1ccc(N([C@H](C)C(=O)N/N=C\c2ccc(OCC(=O)Nc3ccc(F)cc3)cc2)S(C)(=O)=O)cc1. The summed E-state index contributed by atoms with van der Waals surface area (Å²) in [6.07, 6.45) is 2.41. The van der Waals surface area contributed by atoms with Crippen LogP contribution in [0.4, 0.5) is 15.8 Å². The number of carbonyl (C=O) groups is 2. The molecule has 0 spiro atoms. The maximum absolute atomic E-state index is 13.0. The summed E-state index contributed by atoms with van der Waals surface area (Å²) in [4.78, 5) is 24.7. The molecule has 0 saturated heterocycles. The summed E-state index contributed by atoms with van der Waals surface area (Å²) in [7, 11) is -3.78. The van der Waals surface area contributed by atoms with E-state index in [1.165, 1.54) is 37.4 Å². The van der Waals surface area contributed by atoms with Crippen molar-refractivity contribution in [2.24, 2.45) is 5.10 Å². The third kappa shape index (κ3) is 8.82. The Morgan fingerprint density at radius 3 is 2.15 bits per heavy atom. The Labute approximate surface area is 226 Å². The van der Waals surface area contributed by atoms with Crippen molar-refractivity contribution in [2.75, 3.05) is 29.1 Å². The predicted molar refractivity (Wildman–Crippen MR) is 147 cm³/mol. The van der Waals surface area contributed by atoms with Crippen molar-refractivity contribution in [3.63, 3.8) is 0 Å². The van der Waals surface area contributed by atoms with Crippen LogP contribution < -0.4 is 24.5 Å². The molecule has 0 saturated carbocycles. The Morgan fingerprint density at radius 2 is 1.56 bits per heavy atom. The van der Waals surface area contributed by atoms with Gasteiger partial charge in [-0.1, -0.05) is 0 Å². The van der Waals surface area contributed by atoms with Crippen molar-refractivity contribution in [1.82, 2.24) is 5.43 Å². The van der Waals surface area contributed by atoms with Crippen molar-refractivity contribution in [3.8, 4) is 11.5 Å². The lowest BCUT2D eigenvalue weighted by Crippen LogP contribution is -2.46. The summed E-state index contributed by atoms with van der Waals surface area (Å²) in [5, 5.41) is 6.51. The number of carbonyl (C=O) groups excluding carboxylic acids is 2. The molecule has 12 heteroatoms. The first-order chi connectivity index (χ1) is 18.6. The number of hydrazone groups is 1. The number of nitrogens with one attached hydrogen (secondary N) is 2. The van der Waals surface area contributed by atoms with Crippen LogP contribution in [0.1, 0.15) is 19.4 Å². The zero-order chi connectivity index (χ0) is 28.4. The number of hydrogen-bond donors (Lipinski definition) is 2.